The molecule has 0 aromatic rings. The molecule has 1 heteroatoms. The number of unbranched alkanes of at least 4 members (excludes halogenated alkanes) is 2. The zero-order valence-corrected chi connectivity index (χ0v) is 10.5. The lowest BCUT2D eigenvalue weighted by atomic mass is 10.2. The highest BCUT2D eigenvalue weighted by molar-refractivity contribution is 4.97. The number of hydrogen-bond acceptors (Lipinski definition) is 1. The van der Waals surface area contributed by atoms with Crippen molar-refractivity contribution in [1.82, 2.24) is 4.90 Å². The summed E-state index contributed by atoms with van der Waals surface area (Å²) >= 11 is 0. The van der Waals surface area contributed by atoms with Crippen molar-refractivity contribution in [3.8, 4) is 0 Å². The molecular weight excluding hydrogens is 182 g/mol. The van der Waals surface area contributed by atoms with Gasteiger partial charge in [0.2, 0.25) is 0 Å². The molecule has 0 bridgehead atoms. The summed E-state index contributed by atoms with van der Waals surface area (Å²) in [5, 5.41) is 0. The Morgan fingerprint density at radius 3 is 2.07 bits per heavy atom. The predicted molar refractivity (Wildman–Crippen MR) is 70.2 cm³/mol. The van der Waals surface area contributed by atoms with Gasteiger partial charge in [0.05, 0.1) is 0 Å². The molecular formula is C14H27N. The molecule has 0 aromatic heterocycles. The molecule has 0 heterocycles. The van der Waals surface area contributed by atoms with E-state index in [1.165, 1.54) is 45.3 Å². The number of rotatable bonds is 10. The molecule has 1 nitrogen and oxygen atoms in total. The van der Waals surface area contributed by atoms with Gasteiger partial charge >= 0.3 is 0 Å². The van der Waals surface area contributed by atoms with Gasteiger partial charge in [-0.3, -0.25) is 0 Å². The lowest BCUT2D eigenvalue weighted by Crippen LogP contribution is -2.26. The topological polar surface area (TPSA) is 3.24 Å². The summed E-state index contributed by atoms with van der Waals surface area (Å²) in [7, 11) is 0. The fraction of sp³-hybridized carbons (Fsp3) is 0.714. The van der Waals surface area contributed by atoms with Crippen molar-refractivity contribution in [3.63, 3.8) is 0 Å². The van der Waals surface area contributed by atoms with Crippen molar-refractivity contribution in [3.05, 3.63) is 24.8 Å². The minimum absolute atomic E-state index is 1.15. The van der Waals surface area contributed by atoms with Crippen molar-refractivity contribution in [2.24, 2.45) is 0 Å². The van der Waals surface area contributed by atoms with Gasteiger partial charge in [-0.15, -0.1) is 0 Å². The third kappa shape index (κ3) is 9.74. The van der Waals surface area contributed by atoms with Crippen molar-refractivity contribution in [2.75, 3.05) is 19.6 Å². The molecule has 0 saturated carbocycles. The Morgan fingerprint density at radius 2 is 1.60 bits per heavy atom. The summed E-state index contributed by atoms with van der Waals surface area (Å²) in [5.74, 6) is 0. The fourth-order valence-corrected chi connectivity index (χ4v) is 1.55. The highest BCUT2D eigenvalue weighted by Gasteiger charge is 2.01. The Hall–Kier alpha value is -0.560. The molecule has 0 radical (unpaired) electrons. The standard InChI is InChI=1S/C14H27N/c1-4-7-10-11-14-15(12-8-5-2)13-9-6-3/h4,7,10H,1,5-6,8-9,11-14H2,2-3H3. The monoisotopic (exact) mass is 209 g/mol. The van der Waals surface area contributed by atoms with Crippen molar-refractivity contribution in [1.29, 1.82) is 0 Å². The van der Waals surface area contributed by atoms with Crippen LogP contribution in [0.3, 0.4) is 0 Å². The SMILES string of the molecule is C=CC=CCCN(CCCC)CCCC. The van der Waals surface area contributed by atoms with Crippen LogP contribution < -0.4 is 0 Å². The zero-order valence-electron chi connectivity index (χ0n) is 10.5. The maximum absolute atomic E-state index is 3.68. The average Bonchev–Trinajstić information content (AvgIpc) is 2.27. The van der Waals surface area contributed by atoms with Crippen molar-refractivity contribution >= 4 is 0 Å². The van der Waals surface area contributed by atoms with E-state index < -0.39 is 0 Å². The summed E-state index contributed by atoms with van der Waals surface area (Å²) in [5.41, 5.74) is 0. The van der Waals surface area contributed by atoms with Crippen molar-refractivity contribution < 1.29 is 0 Å². The molecule has 0 rings (SSSR count). The Bertz CT molecular complexity index is 153. The van der Waals surface area contributed by atoms with E-state index in [0.717, 1.165) is 6.42 Å². The number of allylic oxidation sites excluding steroid dienone is 2. The lowest BCUT2D eigenvalue weighted by molar-refractivity contribution is 0.270. The molecule has 0 saturated heterocycles. The van der Waals surface area contributed by atoms with Gasteiger partial charge in [-0.25, -0.2) is 0 Å². The molecule has 0 aliphatic rings. The van der Waals surface area contributed by atoms with Crippen LogP contribution in [-0.2, 0) is 0 Å². The summed E-state index contributed by atoms with van der Waals surface area (Å²) in [4.78, 5) is 2.58. The third-order valence-corrected chi connectivity index (χ3v) is 2.54. The third-order valence-electron chi connectivity index (χ3n) is 2.54. The molecule has 0 N–H and O–H groups in total. The predicted octanol–water partition coefficient (Wildman–Crippen LogP) is 4.02. The van der Waals surface area contributed by atoms with E-state index >= 15 is 0 Å². The molecule has 0 atom stereocenters. The molecule has 0 aromatic carbocycles. The van der Waals surface area contributed by atoms with Crippen LogP contribution in [0.15, 0.2) is 24.8 Å². The van der Waals surface area contributed by atoms with E-state index in [0.29, 0.717) is 0 Å². The fourth-order valence-electron chi connectivity index (χ4n) is 1.55. The van der Waals surface area contributed by atoms with Gasteiger partial charge in [-0.1, -0.05) is 51.5 Å². The first-order chi connectivity index (χ1) is 7.35. The Balaban J connectivity index is 3.67. The van der Waals surface area contributed by atoms with E-state index in [2.05, 4.69) is 31.4 Å². The summed E-state index contributed by atoms with van der Waals surface area (Å²) in [6, 6.07) is 0. The smallest absolute Gasteiger partial charge is 0.00160 e. The van der Waals surface area contributed by atoms with E-state index in [4.69, 9.17) is 0 Å². The minimum atomic E-state index is 1.15. The molecule has 0 fully saturated rings. The van der Waals surface area contributed by atoms with Gasteiger partial charge in [0.15, 0.2) is 0 Å². The van der Waals surface area contributed by atoms with Crippen LogP contribution in [0, 0.1) is 0 Å². The van der Waals surface area contributed by atoms with Gasteiger partial charge in [0.1, 0.15) is 0 Å². The van der Waals surface area contributed by atoms with Crippen LogP contribution >= 0.6 is 0 Å². The first-order valence-electron chi connectivity index (χ1n) is 6.35. The molecule has 15 heavy (non-hydrogen) atoms. The highest BCUT2D eigenvalue weighted by Crippen LogP contribution is 2.00. The highest BCUT2D eigenvalue weighted by atomic mass is 15.1. The molecule has 0 aliphatic heterocycles. The molecule has 0 aliphatic carbocycles. The second kappa shape index (κ2) is 11.5. The van der Waals surface area contributed by atoms with E-state index in [1.807, 2.05) is 12.2 Å². The van der Waals surface area contributed by atoms with Gasteiger partial charge in [0.25, 0.3) is 0 Å². The Kier molecular flexibility index (Phi) is 11.1. The minimum Gasteiger partial charge on any atom is -0.303 e. The maximum Gasteiger partial charge on any atom is 0.00160 e. The van der Waals surface area contributed by atoms with Crippen LogP contribution in [0.4, 0.5) is 0 Å². The first-order valence-corrected chi connectivity index (χ1v) is 6.35. The van der Waals surface area contributed by atoms with Crippen LogP contribution in [0.2, 0.25) is 0 Å². The van der Waals surface area contributed by atoms with Crippen LogP contribution in [0.25, 0.3) is 0 Å². The van der Waals surface area contributed by atoms with Crippen molar-refractivity contribution in [2.45, 2.75) is 46.0 Å². The molecule has 0 spiro atoms. The summed E-state index contributed by atoms with van der Waals surface area (Å²) < 4.78 is 0. The van der Waals surface area contributed by atoms with Gasteiger partial charge in [-0.05, 0) is 32.4 Å². The quantitative estimate of drug-likeness (QED) is 0.491. The zero-order chi connectivity index (χ0) is 11.4. The van der Waals surface area contributed by atoms with Gasteiger partial charge in [-0.2, -0.15) is 0 Å². The lowest BCUT2D eigenvalue weighted by Gasteiger charge is -2.20. The van der Waals surface area contributed by atoms with Gasteiger partial charge < -0.3 is 4.90 Å². The average molecular weight is 209 g/mol. The second-order valence-electron chi connectivity index (χ2n) is 4.00. The second-order valence-corrected chi connectivity index (χ2v) is 4.00. The Morgan fingerprint density at radius 1 is 1.00 bits per heavy atom. The van der Waals surface area contributed by atoms with Crippen LogP contribution in [0.5, 0.6) is 0 Å². The van der Waals surface area contributed by atoms with E-state index in [1.54, 1.807) is 0 Å². The maximum atomic E-state index is 3.68. The number of hydrogen-bond donors (Lipinski definition) is 0. The van der Waals surface area contributed by atoms with E-state index in [9.17, 15) is 0 Å². The molecule has 0 amide bonds. The number of nitrogens with zero attached hydrogens (tertiary/aromatic N) is 1. The summed E-state index contributed by atoms with van der Waals surface area (Å²) in [6.45, 7) is 11.9. The Labute approximate surface area is 95.9 Å². The normalized spacial score (nSPS) is 11.4. The van der Waals surface area contributed by atoms with Crippen LogP contribution in [0.1, 0.15) is 46.0 Å². The van der Waals surface area contributed by atoms with Gasteiger partial charge in [0, 0.05) is 6.54 Å². The largest absolute Gasteiger partial charge is 0.303 e. The molecule has 88 valence electrons. The first kappa shape index (κ1) is 14.4. The summed E-state index contributed by atoms with van der Waals surface area (Å²) in [6.07, 6.45) is 12.5. The molecule has 0 unspecified atom stereocenters. The van der Waals surface area contributed by atoms with Crippen LogP contribution in [-0.4, -0.2) is 24.5 Å². The van der Waals surface area contributed by atoms with E-state index in [-0.39, 0.29) is 0 Å².